The molecule has 4 fully saturated rings. The fourth-order valence-corrected chi connectivity index (χ4v) is 8.61. The molecule has 4 heterocycles. The van der Waals surface area contributed by atoms with Crippen molar-refractivity contribution < 1.29 is 42.4 Å². The number of aromatic nitrogens is 1. The maximum atomic E-state index is 13.6. The third kappa shape index (κ3) is 9.20. The molecule has 3 atom stereocenters. The molecule has 0 radical (unpaired) electrons. The van der Waals surface area contributed by atoms with Gasteiger partial charge in [0.25, 0.3) is 0 Å². The number of fused-ring (bicyclic) bond motifs is 3. The summed E-state index contributed by atoms with van der Waals surface area (Å²) in [6, 6.07) is 21.0. The number of aliphatic carboxylic acids is 1. The van der Waals surface area contributed by atoms with Gasteiger partial charge in [-0.15, -0.1) is 0 Å². The van der Waals surface area contributed by atoms with Crippen LogP contribution in [0.15, 0.2) is 85.2 Å². The van der Waals surface area contributed by atoms with Crippen molar-refractivity contribution in [3.63, 3.8) is 0 Å². The van der Waals surface area contributed by atoms with Gasteiger partial charge in [-0.25, -0.2) is 4.79 Å². The average Bonchev–Trinajstić information content (AvgIpc) is 4.02. The first-order valence-corrected chi connectivity index (χ1v) is 19.6. The number of carboxylic acid groups (broad SMARTS) is 1. The quantitative estimate of drug-likeness (QED) is 0.0634. The molecule has 3 aromatic carbocycles. The predicted octanol–water partition coefficient (Wildman–Crippen LogP) is 7.50. The van der Waals surface area contributed by atoms with Crippen LogP contribution >= 0.6 is 23.2 Å². The number of benzene rings is 3. The van der Waals surface area contributed by atoms with Gasteiger partial charge >= 0.3 is 18.6 Å². The van der Waals surface area contributed by atoms with Crippen LogP contribution in [0.25, 0.3) is 0 Å². The lowest BCUT2D eigenvalue weighted by molar-refractivity contribution is -0.605. The molecule has 1 aliphatic carbocycles. The third-order valence-corrected chi connectivity index (χ3v) is 11.8. The van der Waals surface area contributed by atoms with Crippen molar-refractivity contribution in [2.24, 2.45) is 17.8 Å². The standard InChI is InChI=1S/C42H43Cl2F2N3O7/c43-34-23-49(53)24-35(44)32(34)20-37(30-12-13-36(56-41(45)46)38(19-30)54-25-28-10-11-28)55-39(50)18-26-6-8-27(9-7-26)21-47-42(40(51)52,31-4-2-1-3-5-31)33-22-48-16-14-29(33)15-17-48/h1-9,12-13,19,23-24,28-29,33,37,41,47H,10-11,14-18,20-22,25H2,(H,51,52)/t33-,37-,42?/m0/s1. The first-order valence-electron chi connectivity index (χ1n) is 18.8. The van der Waals surface area contributed by atoms with E-state index in [2.05, 4.69) is 10.2 Å². The molecule has 3 aliphatic heterocycles. The number of hydrogen-bond donors (Lipinski definition) is 2. The minimum absolute atomic E-state index is 0.0294. The number of carbonyl (C=O) groups excluding carboxylic acids is 1. The summed E-state index contributed by atoms with van der Waals surface area (Å²) in [6.07, 6.45) is 5.03. The molecule has 0 spiro atoms. The molecule has 2 bridgehead atoms. The molecule has 4 aromatic rings. The number of piperidine rings is 3. The first kappa shape index (κ1) is 39.7. The number of carbonyl (C=O) groups is 2. The minimum atomic E-state index is -3.07. The van der Waals surface area contributed by atoms with Crippen molar-refractivity contribution in [2.75, 3.05) is 26.2 Å². The normalized spacial score (nSPS) is 20.6. The van der Waals surface area contributed by atoms with E-state index in [9.17, 15) is 28.7 Å². The van der Waals surface area contributed by atoms with E-state index in [1.54, 1.807) is 12.1 Å². The maximum Gasteiger partial charge on any atom is 0.387 e. The first-order chi connectivity index (χ1) is 27.0. The molecule has 1 unspecified atom stereocenters. The highest BCUT2D eigenvalue weighted by atomic mass is 35.5. The second-order valence-electron chi connectivity index (χ2n) is 14.9. The number of nitrogens with one attached hydrogen (secondary N) is 1. The number of esters is 1. The van der Waals surface area contributed by atoms with Crippen molar-refractivity contribution in [2.45, 2.75) is 63.3 Å². The second-order valence-corrected chi connectivity index (χ2v) is 15.7. The van der Waals surface area contributed by atoms with Gasteiger partial charge in [0.05, 0.1) is 13.0 Å². The summed E-state index contributed by atoms with van der Waals surface area (Å²) >= 11 is 12.8. The Morgan fingerprint density at radius 3 is 2.23 bits per heavy atom. The van der Waals surface area contributed by atoms with Gasteiger partial charge < -0.3 is 29.4 Å². The van der Waals surface area contributed by atoms with E-state index >= 15 is 0 Å². The van der Waals surface area contributed by atoms with E-state index in [0.717, 1.165) is 62.3 Å². The summed E-state index contributed by atoms with van der Waals surface area (Å²) in [5.41, 5.74) is 1.71. The van der Waals surface area contributed by atoms with Crippen LogP contribution in [-0.4, -0.2) is 54.8 Å². The maximum absolute atomic E-state index is 13.6. The van der Waals surface area contributed by atoms with Gasteiger partial charge in [-0.05, 0) is 85.0 Å². The van der Waals surface area contributed by atoms with Crippen LogP contribution in [0.2, 0.25) is 10.0 Å². The molecule has 2 N–H and O–H groups in total. The van der Waals surface area contributed by atoms with Crippen molar-refractivity contribution in [3.05, 3.63) is 128 Å². The molecule has 1 aromatic heterocycles. The van der Waals surface area contributed by atoms with E-state index in [-0.39, 0.29) is 46.8 Å². The summed E-state index contributed by atoms with van der Waals surface area (Å²) in [7, 11) is 0. The SMILES string of the molecule is O=C(Cc1ccc(CNC(C(=O)O)(c2ccccc2)[C@H]2CN3CCC2CC3)cc1)O[C@@H](Cc1c(Cl)c[n+]([O-])cc1Cl)c1ccc(OC(F)F)c(OCC2CC2)c1. The number of ether oxygens (including phenoxy) is 3. The minimum Gasteiger partial charge on any atom is -0.619 e. The van der Waals surface area contributed by atoms with Crippen molar-refractivity contribution >= 4 is 35.1 Å². The molecule has 1 saturated carbocycles. The third-order valence-electron chi connectivity index (χ3n) is 11.2. The van der Waals surface area contributed by atoms with Crippen LogP contribution in [0, 0.1) is 23.0 Å². The van der Waals surface area contributed by atoms with Gasteiger partial charge in [-0.1, -0.05) is 83.9 Å². The molecule has 0 amide bonds. The second kappa shape index (κ2) is 17.3. The van der Waals surface area contributed by atoms with Crippen LogP contribution in [0.5, 0.6) is 11.5 Å². The molecule has 56 heavy (non-hydrogen) atoms. The highest BCUT2D eigenvalue weighted by Crippen LogP contribution is 2.44. The highest BCUT2D eigenvalue weighted by Gasteiger charge is 2.53. The lowest BCUT2D eigenvalue weighted by atomic mass is 9.65. The van der Waals surface area contributed by atoms with E-state index in [1.165, 1.54) is 18.2 Å². The van der Waals surface area contributed by atoms with E-state index in [4.69, 9.17) is 37.4 Å². The molecule has 3 saturated heterocycles. The number of carboxylic acids is 1. The summed E-state index contributed by atoms with van der Waals surface area (Å²) in [4.78, 5) is 29.2. The topological polar surface area (TPSA) is 124 Å². The Balaban J connectivity index is 1.08. The zero-order valence-electron chi connectivity index (χ0n) is 30.6. The van der Waals surface area contributed by atoms with Crippen LogP contribution in [-0.2, 0) is 39.3 Å². The van der Waals surface area contributed by atoms with Gasteiger partial charge in [0.2, 0.25) is 0 Å². The summed E-state index contributed by atoms with van der Waals surface area (Å²) in [6.45, 7) is 0.227. The highest BCUT2D eigenvalue weighted by molar-refractivity contribution is 6.35. The fourth-order valence-electron chi connectivity index (χ4n) is 8.01. The molecule has 8 rings (SSSR count). The molecular formula is C42H43Cl2F2N3O7. The molecular weight excluding hydrogens is 767 g/mol. The van der Waals surface area contributed by atoms with Crippen molar-refractivity contribution in [1.29, 1.82) is 0 Å². The fraction of sp³-hybridized carbons (Fsp3) is 0.405. The van der Waals surface area contributed by atoms with E-state index in [1.807, 2.05) is 42.5 Å². The zero-order valence-corrected chi connectivity index (χ0v) is 32.1. The number of halogens is 4. The average molecular weight is 811 g/mol. The monoisotopic (exact) mass is 809 g/mol. The zero-order chi connectivity index (χ0) is 39.4. The van der Waals surface area contributed by atoms with E-state index < -0.39 is 30.2 Å². The van der Waals surface area contributed by atoms with Gasteiger partial charge in [0.1, 0.15) is 21.7 Å². The molecule has 296 valence electrons. The molecule has 4 aliphatic rings. The Kier molecular flexibility index (Phi) is 12.3. The van der Waals surface area contributed by atoms with Gasteiger partial charge in [0, 0.05) is 31.0 Å². The molecule has 10 nitrogen and oxygen atoms in total. The Bertz CT molecular complexity index is 1990. The smallest absolute Gasteiger partial charge is 0.387 e. The number of rotatable bonds is 17. The van der Waals surface area contributed by atoms with Crippen LogP contribution in [0.4, 0.5) is 8.78 Å². The Labute approximate surface area is 333 Å². The predicted molar refractivity (Wildman–Crippen MR) is 205 cm³/mol. The Morgan fingerprint density at radius 1 is 0.946 bits per heavy atom. The largest absolute Gasteiger partial charge is 0.619 e. The summed E-state index contributed by atoms with van der Waals surface area (Å²) in [5.74, 6) is -1.06. The lowest BCUT2D eigenvalue weighted by Gasteiger charge is -2.51. The van der Waals surface area contributed by atoms with Gasteiger partial charge in [-0.2, -0.15) is 13.5 Å². The number of nitrogens with zero attached hydrogens (tertiary/aromatic N) is 2. The summed E-state index contributed by atoms with van der Waals surface area (Å²) in [5, 5.41) is 26.4. The van der Waals surface area contributed by atoms with Gasteiger partial charge in [-0.3, -0.25) is 10.1 Å². The van der Waals surface area contributed by atoms with Crippen molar-refractivity contribution in [1.82, 2.24) is 10.2 Å². The number of alkyl halides is 2. The lowest BCUT2D eigenvalue weighted by Crippen LogP contribution is -2.63. The number of pyridine rings is 1. The van der Waals surface area contributed by atoms with Gasteiger partial charge in [0.15, 0.2) is 23.9 Å². The number of hydrogen-bond acceptors (Lipinski definition) is 8. The Hall–Kier alpha value is -4.49. The van der Waals surface area contributed by atoms with E-state index in [0.29, 0.717) is 46.4 Å². The van der Waals surface area contributed by atoms with Crippen molar-refractivity contribution in [3.8, 4) is 11.5 Å². The summed E-state index contributed by atoms with van der Waals surface area (Å²) < 4.78 is 43.6. The van der Waals surface area contributed by atoms with Crippen LogP contribution < -0.4 is 19.5 Å². The van der Waals surface area contributed by atoms with Crippen LogP contribution in [0.1, 0.15) is 59.6 Å². The molecule has 14 heteroatoms. The van der Waals surface area contributed by atoms with Crippen LogP contribution in [0.3, 0.4) is 0 Å². The Morgan fingerprint density at radius 2 is 1.62 bits per heavy atom.